The summed E-state index contributed by atoms with van der Waals surface area (Å²) in [5, 5.41) is 3.19. The molecule has 0 saturated carbocycles. The molecule has 39 heavy (non-hydrogen) atoms. The minimum atomic E-state index is -0.409. The third-order valence-corrected chi connectivity index (χ3v) is 7.84. The Balaban J connectivity index is 1.00. The van der Waals surface area contributed by atoms with E-state index in [4.69, 9.17) is 14.5 Å². The molecular weight excluding hydrogens is 516 g/mol. The number of hydrogen-bond donors (Lipinski definition) is 1. The predicted octanol–water partition coefficient (Wildman–Crippen LogP) is 3.72. The van der Waals surface area contributed by atoms with Crippen molar-refractivity contribution >= 4 is 41.7 Å². The molecule has 0 aliphatic carbocycles. The second-order valence-electron chi connectivity index (χ2n) is 9.53. The van der Waals surface area contributed by atoms with Gasteiger partial charge in [-0.1, -0.05) is 10.6 Å². The molecule has 6 rings (SSSR count). The van der Waals surface area contributed by atoms with E-state index < -0.39 is 5.91 Å². The molecule has 1 N–H and O–H groups in total. The SMILES string of the molecule is C=[N+]1C(=O)SC(=Cc2ccnc(N3CCC(CNCc4cccc(-c5ccc6c(c5)OCO6)n4)CC3)n2)C1=O. The van der Waals surface area contributed by atoms with Crippen LogP contribution in [0.3, 0.4) is 0 Å². The summed E-state index contributed by atoms with van der Waals surface area (Å²) in [5.41, 5.74) is 3.50. The molecule has 11 heteroatoms. The van der Waals surface area contributed by atoms with Crippen molar-refractivity contribution in [2.24, 2.45) is 5.92 Å². The zero-order chi connectivity index (χ0) is 26.8. The number of ether oxygens (including phenoxy) is 2. The minimum Gasteiger partial charge on any atom is -0.454 e. The van der Waals surface area contributed by atoms with E-state index >= 15 is 0 Å². The van der Waals surface area contributed by atoms with Crippen molar-refractivity contribution in [2.75, 3.05) is 31.3 Å². The fourth-order valence-corrected chi connectivity index (χ4v) is 5.52. The van der Waals surface area contributed by atoms with Crippen LogP contribution in [0, 0.1) is 5.92 Å². The average Bonchev–Trinajstić information content (AvgIpc) is 3.53. The molecule has 3 aliphatic rings. The zero-order valence-electron chi connectivity index (χ0n) is 21.2. The van der Waals surface area contributed by atoms with Crippen molar-refractivity contribution in [2.45, 2.75) is 19.4 Å². The summed E-state index contributed by atoms with van der Waals surface area (Å²) in [6.45, 7) is 7.03. The molecule has 3 aliphatic heterocycles. The van der Waals surface area contributed by atoms with Gasteiger partial charge >= 0.3 is 11.1 Å². The number of thioether (sulfide) groups is 1. The number of amides is 2. The lowest BCUT2D eigenvalue weighted by molar-refractivity contribution is -0.331. The van der Waals surface area contributed by atoms with Gasteiger partial charge in [-0.3, -0.25) is 4.98 Å². The van der Waals surface area contributed by atoms with Gasteiger partial charge in [-0.05, 0) is 67.8 Å². The van der Waals surface area contributed by atoms with E-state index in [9.17, 15) is 9.59 Å². The quantitative estimate of drug-likeness (QED) is 0.350. The second-order valence-corrected chi connectivity index (χ2v) is 10.5. The molecule has 0 bridgehead atoms. The number of aromatic nitrogens is 3. The summed E-state index contributed by atoms with van der Waals surface area (Å²) in [7, 11) is 0. The maximum atomic E-state index is 12.1. The van der Waals surface area contributed by atoms with Crippen LogP contribution in [0.15, 0.2) is 53.6 Å². The molecule has 10 nitrogen and oxygen atoms in total. The summed E-state index contributed by atoms with van der Waals surface area (Å²) in [4.78, 5) is 40.2. The van der Waals surface area contributed by atoms with E-state index in [-0.39, 0.29) is 12.0 Å². The molecule has 2 fully saturated rings. The van der Waals surface area contributed by atoms with E-state index in [1.165, 1.54) is 0 Å². The highest BCUT2D eigenvalue weighted by Crippen LogP contribution is 2.35. The van der Waals surface area contributed by atoms with Crippen LogP contribution in [0.5, 0.6) is 11.5 Å². The average molecular weight is 544 g/mol. The van der Waals surface area contributed by atoms with Crippen molar-refractivity contribution in [1.29, 1.82) is 0 Å². The van der Waals surface area contributed by atoms with Crippen molar-refractivity contribution in [3.8, 4) is 22.8 Å². The van der Waals surface area contributed by atoms with Crippen LogP contribution < -0.4 is 19.7 Å². The Morgan fingerprint density at radius 2 is 1.95 bits per heavy atom. The molecule has 0 unspecified atom stereocenters. The highest BCUT2D eigenvalue weighted by molar-refractivity contribution is 8.17. The summed E-state index contributed by atoms with van der Waals surface area (Å²) in [6.07, 6.45) is 5.34. The van der Waals surface area contributed by atoms with Gasteiger partial charge in [0, 0.05) is 43.2 Å². The number of nitrogens with one attached hydrogen (secondary N) is 1. The van der Waals surface area contributed by atoms with Crippen molar-refractivity contribution in [3.63, 3.8) is 0 Å². The highest BCUT2D eigenvalue weighted by Gasteiger charge is 2.40. The van der Waals surface area contributed by atoms with Gasteiger partial charge < -0.3 is 19.7 Å². The standard InChI is InChI=1S/C28H27N6O4S/c1-33-26(35)25(39-28(33)36)14-20-7-10-30-27(32-20)34-11-8-18(9-12-34)15-29-16-21-3-2-4-22(31-21)19-5-6-23-24(13-19)38-17-37-23/h2-7,10,13-14,18,29H,1,8-9,11-12,15-17H2/q+1. The van der Waals surface area contributed by atoms with Gasteiger partial charge in [-0.25, -0.2) is 19.6 Å². The first kappa shape index (κ1) is 25.2. The minimum absolute atomic E-state index is 0.257. The first-order valence-electron chi connectivity index (χ1n) is 12.8. The number of anilines is 1. The number of pyridine rings is 1. The van der Waals surface area contributed by atoms with E-state index in [1.54, 1.807) is 18.3 Å². The largest absolute Gasteiger partial charge is 0.462 e. The van der Waals surface area contributed by atoms with Crippen molar-refractivity contribution < 1.29 is 23.6 Å². The van der Waals surface area contributed by atoms with Gasteiger partial charge in [0.1, 0.15) is 11.6 Å². The number of imide groups is 1. The lowest BCUT2D eigenvalue weighted by atomic mass is 9.97. The Morgan fingerprint density at radius 1 is 1.10 bits per heavy atom. The van der Waals surface area contributed by atoms with E-state index in [1.807, 2.05) is 36.4 Å². The van der Waals surface area contributed by atoms with Gasteiger partial charge in [-0.2, -0.15) is 0 Å². The molecule has 5 heterocycles. The van der Waals surface area contributed by atoms with E-state index in [0.717, 1.165) is 77.3 Å². The van der Waals surface area contributed by atoms with Crippen LogP contribution >= 0.6 is 11.8 Å². The number of rotatable bonds is 7. The lowest BCUT2D eigenvalue weighted by Crippen LogP contribution is -2.38. The third-order valence-electron chi connectivity index (χ3n) is 6.93. The summed E-state index contributed by atoms with van der Waals surface area (Å²) >= 11 is 0.869. The van der Waals surface area contributed by atoms with Gasteiger partial charge in [0.25, 0.3) is 0 Å². The molecule has 1 aromatic carbocycles. The van der Waals surface area contributed by atoms with E-state index in [2.05, 4.69) is 26.9 Å². The van der Waals surface area contributed by atoms with Crippen LogP contribution in [0.4, 0.5) is 10.7 Å². The summed E-state index contributed by atoms with van der Waals surface area (Å²) < 4.78 is 11.8. The number of hydrogen-bond acceptors (Lipinski definition) is 10. The van der Waals surface area contributed by atoms with Gasteiger partial charge in [0.05, 0.1) is 17.1 Å². The second kappa shape index (κ2) is 11.0. The van der Waals surface area contributed by atoms with Crippen molar-refractivity contribution in [1.82, 2.24) is 20.3 Å². The Hall–Kier alpha value is -4.09. The molecule has 0 atom stereocenters. The van der Waals surface area contributed by atoms with Crippen LogP contribution in [0.1, 0.15) is 24.2 Å². The highest BCUT2D eigenvalue weighted by atomic mass is 32.2. The van der Waals surface area contributed by atoms with Gasteiger partial charge in [0.15, 0.2) is 11.5 Å². The smallest absolute Gasteiger partial charge is 0.454 e. The van der Waals surface area contributed by atoms with Gasteiger partial charge in [-0.15, -0.1) is 0 Å². The summed E-state index contributed by atoms with van der Waals surface area (Å²) in [5.74, 6) is 2.29. The molecule has 2 aromatic heterocycles. The number of nitrogens with zero attached hydrogens (tertiary/aromatic N) is 5. The molecule has 0 radical (unpaired) electrons. The van der Waals surface area contributed by atoms with Crippen LogP contribution in [0.25, 0.3) is 17.3 Å². The van der Waals surface area contributed by atoms with Crippen molar-refractivity contribution in [3.05, 3.63) is 65.0 Å². The third kappa shape index (κ3) is 5.55. The monoisotopic (exact) mass is 543 g/mol. The predicted molar refractivity (Wildman–Crippen MR) is 148 cm³/mol. The normalized spacial score (nSPS) is 18.4. The molecule has 2 amide bonds. The number of carbonyl (C=O) groups excluding carboxylic acids is 2. The first-order valence-corrected chi connectivity index (χ1v) is 13.6. The molecule has 198 valence electrons. The fraction of sp³-hybridized carbons (Fsp3) is 0.286. The number of benzene rings is 1. The van der Waals surface area contributed by atoms with Crippen LogP contribution in [0.2, 0.25) is 0 Å². The number of piperidine rings is 1. The zero-order valence-corrected chi connectivity index (χ0v) is 22.0. The Morgan fingerprint density at radius 3 is 2.77 bits per heavy atom. The maximum absolute atomic E-state index is 12.1. The molecular formula is C28H27N6O4S+. The lowest BCUT2D eigenvalue weighted by Gasteiger charge is -2.32. The van der Waals surface area contributed by atoms with Crippen LogP contribution in [-0.2, 0) is 11.3 Å². The van der Waals surface area contributed by atoms with E-state index in [0.29, 0.717) is 29.0 Å². The van der Waals surface area contributed by atoms with Crippen LogP contribution in [-0.4, -0.2) is 63.8 Å². The molecule has 3 aromatic rings. The Bertz CT molecular complexity index is 1480. The number of fused-ring (bicyclic) bond motifs is 1. The maximum Gasteiger partial charge on any atom is 0.462 e. The molecule has 0 spiro atoms. The van der Waals surface area contributed by atoms with Gasteiger partial charge in [0.2, 0.25) is 12.7 Å². The fourth-order valence-electron chi connectivity index (χ4n) is 4.77. The topological polar surface area (TPSA) is 110 Å². The number of carbonyl (C=O) groups is 2. The Kier molecular flexibility index (Phi) is 7.08. The molecule has 2 saturated heterocycles. The Labute approximate surface area is 229 Å². The summed E-state index contributed by atoms with van der Waals surface area (Å²) in [6, 6.07) is 13.7. The first-order chi connectivity index (χ1) is 19.0.